The number of nitrogens with one attached hydrogen (secondary N) is 1. The zero-order valence-corrected chi connectivity index (χ0v) is 11.5. The minimum Gasteiger partial charge on any atom is -0.479 e. The van der Waals surface area contributed by atoms with Gasteiger partial charge in [0.25, 0.3) is 0 Å². The first kappa shape index (κ1) is 16.5. The Morgan fingerprint density at radius 1 is 1.39 bits per heavy atom. The van der Waals surface area contributed by atoms with Crippen LogP contribution in [0, 0.1) is 0 Å². The number of hydrogen-bond acceptors (Lipinski definition) is 3. The standard InChI is InChI=1S/C13H23NO4/c1-5-6-7-8-9-10(11(15)16)14-12(17)18-13(2,3)4/h8-10H,5-7H2,1-4H3,(H,14,17)(H,15,16). The highest BCUT2D eigenvalue weighted by Gasteiger charge is 2.21. The van der Waals surface area contributed by atoms with Gasteiger partial charge in [0, 0.05) is 0 Å². The topological polar surface area (TPSA) is 75.6 Å². The van der Waals surface area contributed by atoms with E-state index in [-0.39, 0.29) is 0 Å². The largest absolute Gasteiger partial charge is 0.479 e. The van der Waals surface area contributed by atoms with Crippen molar-refractivity contribution < 1.29 is 19.4 Å². The summed E-state index contributed by atoms with van der Waals surface area (Å²) < 4.78 is 5.00. The molecule has 0 aliphatic heterocycles. The molecule has 0 saturated heterocycles. The van der Waals surface area contributed by atoms with Gasteiger partial charge in [-0.05, 0) is 27.2 Å². The maximum absolute atomic E-state index is 11.4. The van der Waals surface area contributed by atoms with E-state index in [1.165, 1.54) is 6.08 Å². The van der Waals surface area contributed by atoms with Crippen LogP contribution in [0.3, 0.4) is 0 Å². The van der Waals surface area contributed by atoms with E-state index in [4.69, 9.17) is 9.84 Å². The molecule has 0 fully saturated rings. The number of unbranched alkanes of at least 4 members (excludes halogenated alkanes) is 2. The fourth-order valence-electron chi connectivity index (χ4n) is 1.18. The summed E-state index contributed by atoms with van der Waals surface area (Å²) in [6.07, 6.45) is 5.35. The lowest BCUT2D eigenvalue weighted by Gasteiger charge is -2.21. The lowest BCUT2D eigenvalue weighted by molar-refractivity contribution is -0.138. The van der Waals surface area contributed by atoms with Crippen LogP contribution in [-0.2, 0) is 9.53 Å². The van der Waals surface area contributed by atoms with Crippen LogP contribution in [0.4, 0.5) is 4.79 Å². The van der Waals surface area contributed by atoms with Gasteiger partial charge >= 0.3 is 12.1 Å². The van der Waals surface area contributed by atoms with Gasteiger partial charge in [0.1, 0.15) is 11.6 Å². The van der Waals surface area contributed by atoms with Gasteiger partial charge in [-0.25, -0.2) is 9.59 Å². The maximum Gasteiger partial charge on any atom is 0.408 e. The fourth-order valence-corrected chi connectivity index (χ4v) is 1.18. The zero-order chi connectivity index (χ0) is 14.2. The van der Waals surface area contributed by atoms with Crippen LogP contribution >= 0.6 is 0 Å². The minimum absolute atomic E-state index is 0.640. The minimum atomic E-state index is -1.10. The molecule has 2 N–H and O–H groups in total. The van der Waals surface area contributed by atoms with Crippen molar-refractivity contribution in [2.75, 3.05) is 0 Å². The summed E-state index contributed by atoms with van der Waals surface area (Å²) in [5.74, 6) is -1.10. The van der Waals surface area contributed by atoms with E-state index in [1.807, 2.05) is 0 Å². The number of alkyl carbamates (subject to hydrolysis) is 1. The number of ether oxygens (including phenoxy) is 1. The third-order valence-electron chi connectivity index (χ3n) is 1.99. The molecule has 0 saturated carbocycles. The fraction of sp³-hybridized carbons (Fsp3) is 0.692. The lowest BCUT2D eigenvalue weighted by atomic mass is 10.2. The number of rotatable bonds is 6. The summed E-state index contributed by atoms with van der Waals surface area (Å²) in [6.45, 7) is 7.22. The van der Waals surface area contributed by atoms with Crippen molar-refractivity contribution in [1.29, 1.82) is 0 Å². The van der Waals surface area contributed by atoms with E-state index in [1.54, 1.807) is 26.8 Å². The van der Waals surface area contributed by atoms with Crippen LogP contribution in [0.15, 0.2) is 12.2 Å². The Labute approximate surface area is 108 Å². The smallest absolute Gasteiger partial charge is 0.408 e. The number of amides is 1. The molecular formula is C13H23NO4. The second-order valence-electron chi connectivity index (χ2n) is 5.03. The van der Waals surface area contributed by atoms with Crippen molar-refractivity contribution in [1.82, 2.24) is 5.32 Å². The molecule has 0 radical (unpaired) electrons. The maximum atomic E-state index is 11.4. The summed E-state index contributed by atoms with van der Waals surface area (Å²) in [4.78, 5) is 22.4. The Morgan fingerprint density at radius 2 is 2.00 bits per heavy atom. The van der Waals surface area contributed by atoms with E-state index in [9.17, 15) is 9.59 Å². The predicted octanol–water partition coefficient (Wildman–Crippen LogP) is 2.71. The predicted molar refractivity (Wildman–Crippen MR) is 69.5 cm³/mol. The molecule has 0 aliphatic rings. The van der Waals surface area contributed by atoms with Gasteiger partial charge in [0.15, 0.2) is 0 Å². The quantitative estimate of drug-likeness (QED) is 0.566. The first-order valence-electron chi connectivity index (χ1n) is 6.15. The third-order valence-corrected chi connectivity index (χ3v) is 1.99. The molecule has 5 nitrogen and oxygen atoms in total. The second-order valence-corrected chi connectivity index (χ2v) is 5.03. The lowest BCUT2D eigenvalue weighted by Crippen LogP contribution is -2.42. The monoisotopic (exact) mass is 257 g/mol. The SMILES string of the molecule is CCCCC=CC(NC(=O)OC(C)(C)C)C(=O)O. The van der Waals surface area contributed by atoms with E-state index >= 15 is 0 Å². The van der Waals surface area contributed by atoms with Crippen LogP contribution in [0.25, 0.3) is 0 Å². The number of carboxylic acid groups (broad SMARTS) is 1. The summed E-state index contributed by atoms with van der Waals surface area (Å²) in [5, 5.41) is 11.3. The average molecular weight is 257 g/mol. The molecule has 0 aromatic carbocycles. The molecule has 0 aromatic heterocycles. The van der Waals surface area contributed by atoms with Crippen molar-refractivity contribution in [2.45, 2.75) is 58.6 Å². The molecule has 0 aromatic rings. The Kier molecular flexibility index (Phi) is 7.08. The van der Waals surface area contributed by atoms with E-state index in [0.717, 1.165) is 19.3 Å². The molecule has 1 amide bonds. The van der Waals surface area contributed by atoms with Crippen molar-refractivity contribution in [2.24, 2.45) is 0 Å². The molecule has 1 unspecified atom stereocenters. The van der Waals surface area contributed by atoms with Gasteiger partial charge in [0.2, 0.25) is 0 Å². The molecule has 0 bridgehead atoms. The van der Waals surface area contributed by atoms with Crippen molar-refractivity contribution in [3.63, 3.8) is 0 Å². The summed E-state index contributed by atoms with van der Waals surface area (Å²) in [6, 6.07) is -1.04. The van der Waals surface area contributed by atoms with Crippen molar-refractivity contribution >= 4 is 12.1 Å². The van der Waals surface area contributed by atoms with Gasteiger partial charge in [-0.1, -0.05) is 31.9 Å². The third kappa shape index (κ3) is 8.61. The van der Waals surface area contributed by atoms with Crippen LogP contribution in [0.1, 0.15) is 47.0 Å². The molecule has 1 atom stereocenters. The van der Waals surface area contributed by atoms with Gasteiger partial charge in [0.05, 0.1) is 0 Å². The van der Waals surface area contributed by atoms with Crippen molar-refractivity contribution in [3.05, 3.63) is 12.2 Å². The molecule has 104 valence electrons. The van der Waals surface area contributed by atoms with Crippen LogP contribution in [0.2, 0.25) is 0 Å². The molecule has 0 rings (SSSR count). The highest BCUT2D eigenvalue weighted by molar-refractivity contribution is 5.81. The van der Waals surface area contributed by atoms with Gasteiger partial charge in [-0.2, -0.15) is 0 Å². The summed E-state index contributed by atoms with van der Waals surface area (Å²) >= 11 is 0. The van der Waals surface area contributed by atoms with Crippen molar-refractivity contribution in [3.8, 4) is 0 Å². The Hall–Kier alpha value is -1.52. The highest BCUT2D eigenvalue weighted by Crippen LogP contribution is 2.07. The number of carboxylic acids is 1. The first-order valence-corrected chi connectivity index (χ1v) is 6.15. The molecule has 0 spiro atoms. The number of aliphatic carboxylic acids is 1. The Bertz CT molecular complexity index is 305. The number of carbonyl (C=O) groups is 2. The summed E-state index contributed by atoms with van der Waals surface area (Å²) in [5.41, 5.74) is -0.640. The van der Waals surface area contributed by atoms with Crippen LogP contribution in [-0.4, -0.2) is 28.8 Å². The van der Waals surface area contributed by atoms with E-state index in [0.29, 0.717) is 0 Å². The van der Waals surface area contributed by atoms with Crippen LogP contribution < -0.4 is 5.32 Å². The molecular weight excluding hydrogens is 234 g/mol. The average Bonchev–Trinajstić information content (AvgIpc) is 2.19. The van der Waals surface area contributed by atoms with E-state index in [2.05, 4.69) is 12.2 Å². The van der Waals surface area contributed by atoms with Gasteiger partial charge in [-0.3, -0.25) is 0 Å². The Balaban J connectivity index is 4.32. The number of hydrogen-bond donors (Lipinski definition) is 2. The van der Waals surface area contributed by atoms with Crippen LogP contribution in [0.5, 0.6) is 0 Å². The number of allylic oxidation sites excluding steroid dienone is 1. The van der Waals surface area contributed by atoms with Gasteiger partial charge < -0.3 is 15.2 Å². The molecule has 0 heterocycles. The zero-order valence-electron chi connectivity index (χ0n) is 11.5. The normalized spacial score (nSPS) is 13.3. The second kappa shape index (κ2) is 7.74. The van der Waals surface area contributed by atoms with E-state index < -0.39 is 23.7 Å². The molecule has 0 aliphatic carbocycles. The highest BCUT2D eigenvalue weighted by atomic mass is 16.6. The van der Waals surface area contributed by atoms with Gasteiger partial charge in [-0.15, -0.1) is 0 Å². The number of carbonyl (C=O) groups excluding carboxylic acids is 1. The molecule has 5 heteroatoms. The molecule has 18 heavy (non-hydrogen) atoms. The summed E-state index contributed by atoms with van der Waals surface area (Å²) in [7, 11) is 0. The Morgan fingerprint density at radius 3 is 2.44 bits per heavy atom. The first-order chi connectivity index (χ1) is 8.26.